The van der Waals surface area contributed by atoms with Crippen molar-refractivity contribution in [2.24, 2.45) is 0 Å². The minimum atomic E-state index is -1.32. The summed E-state index contributed by atoms with van der Waals surface area (Å²) in [6, 6.07) is 1.97. The van der Waals surface area contributed by atoms with Crippen molar-refractivity contribution in [3.63, 3.8) is 0 Å². The molecule has 0 aliphatic carbocycles. The second kappa shape index (κ2) is 3.95. The standard InChI is InChI=1S/C11H16FNO/c1-8-5-9(2)10(13-6-8)14-7-11(3,4)12/h5-6H,7H2,1-4H3. The third-order valence-electron chi connectivity index (χ3n) is 1.72. The van der Waals surface area contributed by atoms with Crippen molar-refractivity contribution in [2.45, 2.75) is 33.4 Å². The van der Waals surface area contributed by atoms with Crippen molar-refractivity contribution in [2.75, 3.05) is 6.61 Å². The Balaban J connectivity index is 2.68. The van der Waals surface area contributed by atoms with E-state index in [4.69, 9.17) is 4.74 Å². The van der Waals surface area contributed by atoms with Gasteiger partial charge in [-0.2, -0.15) is 0 Å². The molecular formula is C11H16FNO. The predicted octanol–water partition coefficient (Wildman–Crippen LogP) is 2.83. The summed E-state index contributed by atoms with van der Waals surface area (Å²) in [6.07, 6.45) is 1.72. The lowest BCUT2D eigenvalue weighted by atomic mass is 10.2. The van der Waals surface area contributed by atoms with Crippen molar-refractivity contribution in [1.29, 1.82) is 0 Å². The van der Waals surface area contributed by atoms with Crippen LogP contribution in [0.3, 0.4) is 0 Å². The van der Waals surface area contributed by atoms with Crippen LogP contribution in [-0.4, -0.2) is 17.3 Å². The number of nitrogens with zero attached hydrogens (tertiary/aromatic N) is 1. The summed E-state index contributed by atoms with van der Waals surface area (Å²) >= 11 is 0. The molecule has 3 heteroatoms. The smallest absolute Gasteiger partial charge is 0.216 e. The molecule has 0 aromatic carbocycles. The fourth-order valence-electron chi connectivity index (χ4n) is 1.09. The van der Waals surface area contributed by atoms with Gasteiger partial charge in [0.05, 0.1) is 0 Å². The Morgan fingerprint density at radius 2 is 2.07 bits per heavy atom. The van der Waals surface area contributed by atoms with Gasteiger partial charge in [-0.3, -0.25) is 0 Å². The molecule has 0 aliphatic heterocycles. The van der Waals surface area contributed by atoms with Gasteiger partial charge in [0, 0.05) is 11.8 Å². The zero-order valence-corrected chi connectivity index (χ0v) is 9.10. The molecule has 78 valence electrons. The van der Waals surface area contributed by atoms with Crippen molar-refractivity contribution in [3.05, 3.63) is 23.4 Å². The Hall–Kier alpha value is -1.12. The van der Waals surface area contributed by atoms with Gasteiger partial charge in [0.1, 0.15) is 12.3 Å². The molecule has 1 rings (SSSR count). The Morgan fingerprint density at radius 3 is 2.57 bits per heavy atom. The van der Waals surface area contributed by atoms with Crippen LogP contribution in [0.25, 0.3) is 0 Å². The minimum absolute atomic E-state index is 0.0316. The summed E-state index contributed by atoms with van der Waals surface area (Å²) in [5.41, 5.74) is 0.697. The van der Waals surface area contributed by atoms with Crippen LogP contribution in [0, 0.1) is 13.8 Å². The normalized spacial score (nSPS) is 11.5. The number of hydrogen-bond donors (Lipinski definition) is 0. The fraction of sp³-hybridized carbons (Fsp3) is 0.545. The van der Waals surface area contributed by atoms with Crippen LogP contribution in [0.15, 0.2) is 12.3 Å². The lowest BCUT2D eigenvalue weighted by Gasteiger charge is -2.15. The average molecular weight is 197 g/mol. The van der Waals surface area contributed by atoms with E-state index >= 15 is 0 Å². The first-order chi connectivity index (χ1) is 6.38. The van der Waals surface area contributed by atoms with E-state index in [0.29, 0.717) is 5.88 Å². The van der Waals surface area contributed by atoms with Gasteiger partial charge in [0.2, 0.25) is 5.88 Å². The van der Waals surface area contributed by atoms with Crippen LogP contribution in [0.1, 0.15) is 25.0 Å². The first-order valence-corrected chi connectivity index (χ1v) is 4.63. The summed E-state index contributed by atoms with van der Waals surface area (Å²) < 4.78 is 18.4. The third-order valence-corrected chi connectivity index (χ3v) is 1.72. The Labute approximate surface area is 84.1 Å². The zero-order chi connectivity index (χ0) is 10.8. The summed E-state index contributed by atoms with van der Waals surface area (Å²) in [7, 11) is 0. The first-order valence-electron chi connectivity index (χ1n) is 4.63. The molecule has 0 unspecified atom stereocenters. The SMILES string of the molecule is Cc1cnc(OCC(C)(C)F)c(C)c1. The molecule has 0 spiro atoms. The van der Waals surface area contributed by atoms with Gasteiger partial charge in [-0.25, -0.2) is 9.37 Å². The van der Waals surface area contributed by atoms with E-state index in [-0.39, 0.29) is 6.61 Å². The highest BCUT2D eigenvalue weighted by Crippen LogP contribution is 2.17. The molecule has 14 heavy (non-hydrogen) atoms. The quantitative estimate of drug-likeness (QED) is 0.743. The van der Waals surface area contributed by atoms with Crippen LogP contribution >= 0.6 is 0 Å². The van der Waals surface area contributed by atoms with Crippen LogP contribution in [0.2, 0.25) is 0 Å². The maximum absolute atomic E-state index is 13.1. The highest BCUT2D eigenvalue weighted by Gasteiger charge is 2.17. The van der Waals surface area contributed by atoms with Gasteiger partial charge >= 0.3 is 0 Å². The molecule has 0 bridgehead atoms. The average Bonchev–Trinajstić information content (AvgIpc) is 2.00. The highest BCUT2D eigenvalue weighted by molar-refractivity contribution is 5.27. The molecule has 0 aliphatic rings. The van der Waals surface area contributed by atoms with Crippen LogP contribution < -0.4 is 4.74 Å². The van der Waals surface area contributed by atoms with Crippen molar-refractivity contribution in [3.8, 4) is 5.88 Å². The molecule has 1 heterocycles. The van der Waals surface area contributed by atoms with E-state index in [9.17, 15) is 4.39 Å². The van der Waals surface area contributed by atoms with Crippen LogP contribution in [-0.2, 0) is 0 Å². The Bertz CT molecular complexity index is 318. The summed E-state index contributed by atoms with van der Waals surface area (Å²) in [5.74, 6) is 0.515. The monoisotopic (exact) mass is 197 g/mol. The van der Waals surface area contributed by atoms with Crippen molar-refractivity contribution >= 4 is 0 Å². The summed E-state index contributed by atoms with van der Waals surface area (Å²) in [5, 5.41) is 0. The maximum Gasteiger partial charge on any atom is 0.216 e. The van der Waals surface area contributed by atoms with E-state index in [1.54, 1.807) is 6.20 Å². The fourth-order valence-corrected chi connectivity index (χ4v) is 1.09. The largest absolute Gasteiger partial charge is 0.474 e. The maximum atomic E-state index is 13.1. The number of rotatable bonds is 3. The molecule has 1 aromatic heterocycles. The molecule has 0 amide bonds. The third kappa shape index (κ3) is 3.32. The number of pyridine rings is 1. The Morgan fingerprint density at radius 1 is 1.43 bits per heavy atom. The minimum Gasteiger partial charge on any atom is -0.474 e. The predicted molar refractivity (Wildman–Crippen MR) is 54.4 cm³/mol. The topological polar surface area (TPSA) is 22.1 Å². The zero-order valence-electron chi connectivity index (χ0n) is 9.10. The second-order valence-electron chi connectivity index (χ2n) is 4.14. The van der Waals surface area contributed by atoms with E-state index in [1.807, 2.05) is 19.9 Å². The number of hydrogen-bond acceptors (Lipinski definition) is 2. The molecule has 0 saturated heterocycles. The molecule has 1 aromatic rings. The van der Waals surface area contributed by atoms with E-state index in [0.717, 1.165) is 11.1 Å². The van der Waals surface area contributed by atoms with Gasteiger partial charge in [0.25, 0.3) is 0 Å². The van der Waals surface area contributed by atoms with Crippen LogP contribution in [0.5, 0.6) is 5.88 Å². The lowest BCUT2D eigenvalue weighted by molar-refractivity contribution is 0.117. The second-order valence-corrected chi connectivity index (χ2v) is 4.14. The highest BCUT2D eigenvalue weighted by atomic mass is 19.1. The molecule has 0 radical (unpaired) electrons. The van der Waals surface area contributed by atoms with E-state index in [1.165, 1.54) is 13.8 Å². The molecule has 0 atom stereocenters. The summed E-state index contributed by atoms with van der Waals surface area (Å²) in [6.45, 7) is 6.86. The summed E-state index contributed by atoms with van der Waals surface area (Å²) in [4.78, 5) is 4.09. The molecule has 0 saturated carbocycles. The van der Waals surface area contributed by atoms with E-state index in [2.05, 4.69) is 4.98 Å². The van der Waals surface area contributed by atoms with Gasteiger partial charge in [-0.05, 0) is 39.3 Å². The Kier molecular flexibility index (Phi) is 3.09. The van der Waals surface area contributed by atoms with Crippen molar-refractivity contribution < 1.29 is 9.13 Å². The van der Waals surface area contributed by atoms with Gasteiger partial charge in [0.15, 0.2) is 0 Å². The number of alkyl halides is 1. The van der Waals surface area contributed by atoms with Crippen LogP contribution in [0.4, 0.5) is 4.39 Å². The van der Waals surface area contributed by atoms with Crippen molar-refractivity contribution in [1.82, 2.24) is 4.98 Å². The number of aryl methyl sites for hydroxylation is 2. The number of ether oxygens (including phenoxy) is 1. The molecule has 0 fully saturated rings. The number of halogens is 1. The van der Waals surface area contributed by atoms with Gasteiger partial charge in [-0.1, -0.05) is 0 Å². The lowest BCUT2D eigenvalue weighted by Crippen LogP contribution is -2.23. The van der Waals surface area contributed by atoms with Gasteiger partial charge in [-0.15, -0.1) is 0 Å². The molecule has 2 nitrogen and oxygen atoms in total. The number of aromatic nitrogens is 1. The molecular weight excluding hydrogens is 181 g/mol. The van der Waals surface area contributed by atoms with E-state index < -0.39 is 5.67 Å². The van der Waals surface area contributed by atoms with Gasteiger partial charge < -0.3 is 4.74 Å². The first kappa shape index (κ1) is 11.0. The molecule has 0 N–H and O–H groups in total.